The lowest BCUT2D eigenvalue weighted by Gasteiger charge is -2.44. The molecule has 20 heteroatoms. The van der Waals surface area contributed by atoms with Crippen LogP contribution >= 0.6 is 0 Å². The molecule has 12 N–H and O–H groups in total. The molecule has 0 saturated carbocycles. The van der Waals surface area contributed by atoms with Crippen molar-refractivity contribution in [3.63, 3.8) is 0 Å². The fraction of sp³-hybridized carbons (Fsp3) is 0.531. The van der Waals surface area contributed by atoms with E-state index in [-0.39, 0.29) is 11.1 Å². The molecule has 286 valence electrons. The highest BCUT2D eigenvalue weighted by atomic mass is 16.8. The molecule has 4 heterocycles. The number of fused-ring (bicyclic) bond motifs is 1. The summed E-state index contributed by atoms with van der Waals surface area (Å²) in [5.74, 6) is -3.53. The predicted molar refractivity (Wildman–Crippen MR) is 167 cm³/mol. The number of rotatable bonds is 9. The Labute approximate surface area is 292 Å². The molecule has 3 aromatic rings. The number of aromatic hydroxyl groups is 4. The smallest absolute Gasteiger partial charge is 0.239 e. The van der Waals surface area contributed by atoms with E-state index in [1.54, 1.807) is 0 Å². The van der Waals surface area contributed by atoms with Crippen LogP contribution < -0.4 is 10.2 Å². The third-order valence-electron chi connectivity index (χ3n) is 9.14. The van der Waals surface area contributed by atoms with Gasteiger partial charge in [0.15, 0.2) is 29.8 Å². The molecule has 52 heavy (non-hydrogen) atoms. The molecule has 0 amide bonds. The van der Waals surface area contributed by atoms with Crippen LogP contribution in [0.3, 0.4) is 0 Å². The van der Waals surface area contributed by atoms with E-state index in [0.29, 0.717) is 0 Å². The van der Waals surface area contributed by atoms with Gasteiger partial charge in [0.25, 0.3) is 0 Å². The quantitative estimate of drug-likeness (QED) is 0.0959. The first-order valence-electron chi connectivity index (χ1n) is 15.9. The third-order valence-corrected chi connectivity index (χ3v) is 9.14. The monoisotopic (exact) mass is 742 g/mol. The van der Waals surface area contributed by atoms with Crippen LogP contribution in [0.5, 0.6) is 28.7 Å². The largest absolute Gasteiger partial charge is 0.508 e. The Hall–Kier alpha value is -3.87. The first-order chi connectivity index (χ1) is 24.5. The summed E-state index contributed by atoms with van der Waals surface area (Å²) < 4.78 is 39.5. The van der Waals surface area contributed by atoms with Crippen LogP contribution in [0, 0.1) is 0 Å². The lowest BCUT2D eigenvalue weighted by atomic mass is 9.98. The van der Waals surface area contributed by atoms with Crippen LogP contribution in [0.15, 0.2) is 39.5 Å². The zero-order valence-corrected chi connectivity index (χ0v) is 27.1. The molecule has 0 aliphatic carbocycles. The van der Waals surface area contributed by atoms with Crippen LogP contribution in [-0.4, -0.2) is 161 Å². The van der Waals surface area contributed by atoms with Crippen LogP contribution in [0.2, 0.25) is 0 Å². The second kappa shape index (κ2) is 14.5. The summed E-state index contributed by atoms with van der Waals surface area (Å²) in [6.07, 6.45) is -20.4. The van der Waals surface area contributed by atoms with Gasteiger partial charge in [-0.3, -0.25) is 4.79 Å². The Kier molecular flexibility index (Phi) is 10.6. The van der Waals surface area contributed by atoms with Crippen molar-refractivity contribution in [1.29, 1.82) is 0 Å². The zero-order valence-electron chi connectivity index (χ0n) is 27.1. The summed E-state index contributed by atoms with van der Waals surface area (Å²) in [4.78, 5) is 13.8. The summed E-state index contributed by atoms with van der Waals surface area (Å²) in [5, 5.41) is 124. The van der Waals surface area contributed by atoms with E-state index < -0.39 is 145 Å². The van der Waals surface area contributed by atoms with Crippen molar-refractivity contribution in [3.05, 3.63) is 40.6 Å². The average molecular weight is 743 g/mol. The Balaban J connectivity index is 1.27. The molecule has 13 atom stereocenters. The lowest BCUT2D eigenvalue weighted by Crippen LogP contribution is -2.62. The molecule has 1 aromatic heterocycles. The molecule has 0 spiro atoms. The van der Waals surface area contributed by atoms with Crippen molar-refractivity contribution in [2.45, 2.75) is 86.3 Å². The highest BCUT2D eigenvalue weighted by Gasteiger charge is 2.53. The maximum absolute atomic E-state index is 13.8. The van der Waals surface area contributed by atoms with E-state index in [2.05, 4.69) is 0 Å². The fourth-order valence-electron chi connectivity index (χ4n) is 6.03. The highest BCUT2D eigenvalue weighted by molar-refractivity contribution is 5.88. The van der Waals surface area contributed by atoms with E-state index in [0.717, 1.165) is 24.3 Å². The first-order valence-corrected chi connectivity index (χ1v) is 15.9. The van der Waals surface area contributed by atoms with Crippen molar-refractivity contribution in [3.8, 4) is 40.1 Å². The van der Waals surface area contributed by atoms with Gasteiger partial charge in [-0.1, -0.05) is 0 Å². The molecule has 20 nitrogen and oxygen atoms in total. The Bertz CT molecular complexity index is 1820. The van der Waals surface area contributed by atoms with Crippen molar-refractivity contribution in [2.75, 3.05) is 19.8 Å². The van der Waals surface area contributed by atoms with E-state index in [9.17, 15) is 66.1 Å². The van der Waals surface area contributed by atoms with Crippen LogP contribution in [0.4, 0.5) is 0 Å². The molecule has 0 bridgehead atoms. The molecule has 3 aliphatic rings. The SMILES string of the molecule is CC1OC(OCC2OC(Oc3c(-c4ccc(O)c(O)c4)oc4cc(O)cc(O)c4c3=O)C(O)C(O)C2O)C(OC2OCC(O)(CO)C2O)C(O)C1O. The van der Waals surface area contributed by atoms with Gasteiger partial charge in [0.2, 0.25) is 17.5 Å². The van der Waals surface area contributed by atoms with Gasteiger partial charge in [-0.2, -0.15) is 0 Å². The Morgan fingerprint density at radius 1 is 0.827 bits per heavy atom. The number of hydrogen-bond donors (Lipinski definition) is 12. The van der Waals surface area contributed by atoms with Crippen molar-refractivity contribution < 1.29 is 94.1 Å². The number of benzene rings is 2. The van der Waals surface area contributed by atoms with Crippen LogP contribution in [0.1, 0.15) is 6.92 Å². The van der Waals surface area contributed by atoms with Crippen LogP contribution in [-0.2, 0) is 23.7 Å². The summed E-state index contributed by atoms with van der Waals surface area (Å²) in [5.41, 5.74) is -3.55. The fourth-order valence-corrected chi connectivity index (χ4v) is 6.03. The summed E-state index contributed by atoms with van der Waals surface area (Å²) in [7, 11) is 0. The summed E-state index contributed by atoms with van der Waals surface area (Å²) in [6.45, 7) is -0.747. The molecule has 3 saturated heterocycles. The third kappa shape index (κ3) is 6.85. The minimum atomic E-state index is -2.09. The van der Waals surface area contributed by atoms with Gasteiger partial charge in [-0.05, 0) is 25.1 Å². The molecule has 2 aromatic carbocycles. The van der Waals surface area contributed by atoms with Gasteiger partial charge in [0, 0.05) is 17.7 Å². The molecule has 0 radical (unpaired) electrons. The van der Waals surface area contributed by atoms with E-state index in [4.69, 9.17) is 32.8 Å². The second-order valence-electron chi connectivity index (χ2n) is 12.8. The number of ether oxygens (including phenoxy) is 6. The number of aliphatic hydroxyl groups is 8. The normalized spacial score (nSPS) is 36.6. The minimum absolute atomic E-state index is 0.0676. The second-order valence-corrected chi connectivity index (χ2v) is 12.8. The average Bonchev–Trinajstić information content (AvgIpc) is 3.39. The lowest BCUT2D eigenvalue weighted by molar-refractivity contribution is -0.342. The maximum Gasteiger partial charge on any atom is 0.239 e. The first kappa shape index (κ1) is 37.9. The zero-order chi connectivity index (χ0) is 37.8. The highest BCUT2D eigenvalue weighted by Crippen LogP contribution is 2.40. The molecular formula is C32H38O20. The van der Waals surface area contributed by atoms with Crippen molar-refractivity contribution in [1.82, 2.24) is 0 Å². The van der Waals surface area contributed by atoms with Crippen molar-refractivity contribution >= 4 is 11.0 Å². The van der Waals surface area contributed by atoms with Gasteiger partial charge < -0.3 is 94.1 Å². The Morgan fingerprint density at radius 3 is 2.23 bits per heavy atom. The number of hydrogen-bond acceptors (Lipinski definition) is 20. The predicted octanol–water partition coefficient (Wildman–Crippen LogP) is -3.22. The standard InChI is InChI=1S/C32H38O20/c1-10-19(38)23(42)27(52-31-28(44)32(45,8-33)9-47-31)30(48-10)46-7-17-20(39)22(41)24(43)29(50-17)51-26-21(40)18-15(37)5-12(34)6-16(18)49-25(26)11-2-3-13(35)14(36)4-11/h2-6,10,17,19-20,22-24,27-31,33-39,41-45H,7-9H2,1H3. The van der Waals surface area contributed by atoms with Gasteiger partial charge in [-0.25, -0.2) is 0 Å². The number of phenolic OH excluding ortho intramolecular Hbond substituents is 4. The van der Waals surface area contributed by atoms with Crippen molar-refractivity contribution in [2.24, 2.45) is 0 Å². The van der Waals surface area contributed by atoms with E-state index >= 15 is 0 Å². The van der Waals surface area contributed by atoms with Crippen LogP contribution in [0.25, 0.3) is 22.3 Å². The van der Waals surface area contributed by atoms with Gasteiger partial charge >= 0.3 is 0 Å². The summed E-state index contributed by atoms with van der Waals surface area (Å²) in [6, 6.07) is 5.14. The number of aliphatic hydroxyl groups excluding tert-OH is 7. The summed E-state index contributed by atoms with van der Waals surface area (Å²) >= 11 is 0. The van der Waals surface area contributed by atoms with E-state index in [1.165, 1.54) is 13.0 Å². The van der Waals surface area contributed by atoms with Gasteiger partial charge in [0.05, 0.1) is 25.9 Å². The molecule has 3 fully saturated rings. The topological polar surface area (TPSA) is 328 Å². The molecule has 13 unspecified atom stereocenters. The Morgan fingerprint density at radius 2 is 1.56 bits per heavy atom. The molecule has 3 aliphatic heterocycles. The minimum Gasteiger partial charge on any atom is -0.508 e. The maximum atomic E-state index is 13.8. The van der Waals surface area contributed by atoms with E-state index in [1.807, 2.05) is 0 Å². The van der Waals surface area contributed by atoms with Gasteiger partial charge in [0.1, 0.15) is 76.9 Å². The molecular weight excluding hydrogens is 704 g/mol. The number of phenols is 4. The van der Waals surface area contributed by atoms with Gasteiger partial charge in [-0.15, -0.1) is 0 Å². The molecule has 6 rings (SSSR count).